The zero-order chi connectivity index (χ0) is 18.9. The summed E-state index contributed by atoms with van der Waals surface area (Å²) in [6, 6.07) is 4.12. The molecule has 0 aliphatic rings. The van der Waals surface area contributed by atoms with Gasteiger partial charge in [0.15, 0.2) is 11.6 Å². The Morgan fingerprint density at radius 3 is 2.77 bits per heavy atom. The lowest BCUT2D eigenvalue weighted by Crippen LogP contribution is -2.31. The molecule has 0 saturated carbocycles. The first kappa shape index (κ1) is 18.9. The van der Waals surface area contributed by atoms with Crippen molar-refractivity contribution in [2.75, 3.05) is 13.2 Å². The molecule has 0 saturated heterocycles. The lowest BCUT2D eigenvalue weighted by molar-refractivity contribution is -0.121. The van der Waals surface area contributed by atoms with Gasteiger partial charge in [0.2, 0.25) is 5.91 Å². The summed E-state index contributed by atoms with van der Waals surface area (Å²) in [5.74, 6) is 3.22. The average Bonchev–Trinajstić information content (AvgIpc) is 2.58. The van der Waals surface area contributed by atoms with E-state index >= 15 is 0 Å². The minimum Gasteiger partial charge on any atom is -0.478 e. The number of benzene rings is 1. The molecule has 0 spiro atoms. The average molecular weight is 363 g/mol. The molecule has 7 nitrogen and oxygen atoms in total. The quantitative estimate of drug-likeness (QED) is 0.727. The van der Waals surface area contributed by atoms with Crippen molar-refractivity contribution in [1.82, 2.24) is 14.9 Å². The summed E-state index contributed by atoms with van der Waals surface area (Å²) in [4.78, 5) is 36.1. The SMILES string of the molecule is O=C(CCn1ccc(=O)[nH]c1=O)NCC#CCOc1ccc(F)cc1F. The molecule has 0 aliphatic heterocycles. The third-order valence-electron chi connectivity index (χ3n) is 3.17. The second-order valence-corrected chi connectivity index (χ2v) is 5.05. The molecule has 1 heterocycles. The maximum absolute atomic E-state index is 13.3. The fourth-order valence-electron chi connectivity index (χ4n) is 1.89. The maximum atomic E-state index is 13.3. The standard InChI is InChI=1S/C17H15F2N3O4/c18-12-3-4-14(13(19)11-12)26-10-2-1-7-20-15(23)5-8-22-9-6-16(24)21-17(22)25/h3-4,6,9,11H,5,7-8,10H2,(H,20,23)(H,21,24,25). The molecule has 0 bridgehead atoms. The van der Waals surface area contributed by atoms with E-state index in [4.69, 9.17) is 4.74 Å². The molecular formula is C17H15F2N3O4. The van der Waals surface area contributed by atoms with Gasteiger partial charge in [-0.15, -0.1) is 0 Å². The highest BCUT2D eigenvalue weighted by Crippen LogP contribution is 2.17. The Morgan fingerprint density at radius 2 is 2.04 bits per heavy atom. The van der Waals surface area contributed by atoms with Gasteiger partial charge in [-0.3, -0.25) is 14.6 Å². The largest absolute Gasteiger partial charge is 0.478 e. The van der Waals surface area contributed by atoms with E-state index in [2.05, 4.69) is 22.1 Å². The molecule has 0 radical (unpaired) electrons. The van der Waals surface area contributed by atoms with E-state index in [0.717, 1.165) is 12.1 Å². The van der Waals surface area contributed by atoms with Gasteiger partial charge in [-0.05, 0) is 12.1 Å². The number of halogens is 2. The highest BCUT2D eigenvalue weighted by molar-refractivity contribution is 5.76. The van der Waals surface area contributed by atoms with Crippen LogP contribution in [0.15, 0.2) is 40.1 Å². The van der Waals surface area contributed by atoms with Crippen LogP contribution in [0, 0.1) is 23.5 Å². The number of nitrogens with one attached hydrogen (secondary N) is 2. The number of amides is 1. The smallest absolute Gasteiger partial charge is 0.328 e. The second-order valence-electron chi connectivity index (χ2n) is 5.05. The number of aromatic amines is 1. The number of carbonyl (C=O) groups excluding carboxylic acids is 1. The second kappa shape index (κ2) is 9.17. The van der Waals surface area contributed by atoms with E-state index in [1.165, 1.54) is 16.8 Å². The minimum absolute atomic E-state index is 0.0327. The van der Waals surface area contributed by atoms with Crippen LogP contribution in [0.3, 0.4) is 0 Å². The van der Waals surface area contributed by atoms with Gasteiger partial charge in [-0.1, -0.05) is 11.8 Å². The lowest BCUT2D eigenvalue weighted by Gasteiger charge is -2.04. The normalized spacial score (nSPS) is 9.92. The van der Waals surface area contributed by atoms with Crippen molar-refractivity contribution < 1.29 is 18.3 Å². The summed E-state index contributed by atoms with van der Waals surface area (Å²) >= 11 is 0. The van der Waals surface area contributed by atoms with Gasteiger partial charge < -0.3 is 14.6 Å². The zero-order valence-corrected chi connectivity index (χ0v) is 13.6. The van der Waals surface area contributed by atoms with E-state index in [9.17, 15) is 23.2 Å². The Kier molecular flexibility index (Phi) is 6.68. The summed E-state index contributed by atoms with van der Waals surface area (Å²) < 4.78 is 32.3. The van der Waals surface area contributed by atoms with E-state index in [1.54, 1.807) is 0 Å². The summed E-state index contributed by atoms with van der Waals surface area (Å²) in [5, 5.41) is 2.52. The molecule has 1 aromatic heterocycles. The fourth-order valence-corrected chi connectivity index (χ4v) is 1.89. The third kappa shape index (κ3) is 5.90. The summed E-state index contributed by atoms with van der Waals surface area (Å²) in [5.41, 5.74) is -1.09. The van der Waals surface area contributed by atoms with Gasteiger partial charge in [0.25, 0.3) is 5.56 Å². The lowest BCUT2D eigenvalue weighted by atomic mass is 10.3. The molecule has 1 amide bonds. The van der Waals surface area contributed by atoms with E-state index in [1.807, 2.05) is 0 Å². The first-order chi connectivity index (χ1) is 12.5. The van der Waals surface area contributed by atoms with Crippen LogP contribution in [0.1, 0.15) is 6.42 Å². The highest BCUT2D eigenvalue weighted by atomic mass is 19.1. The van der Waals surface area contributed by atoms with Crippen LogP contribution in [-0.2, 0) is 11.3 Å². The Hall–Kier alpha value is -3.41. The molecule has 2 N–H and O–H groups in total. The predicted molar refractivity (Wildman–Crippen MR) is 88.6 cm³/mol. The Labute approximate surface area is 146 Å². The molecule has 0 atom stereocenters. The van der Waals surface area contributed by atoms with Crippen molar-refractivity contribution in [3.05, 3.63) is 62.9 Å². The number of ether oxygens (including phenoxy) is 1. The van der Waals surface area contributed by atoms with E-state index < -0.39 is 22.9 Å². The molecule has 0 unspecified atom stereocenters. The number of aromatic nitrogens is 2. The molecule has 0 fully saturated rings. The number of hydrogen-bond acceptors (Lipinski definition) is 4. The van der Waals surface area contributed by atoms with Gasteiger partial charge >= 0.3 is 5.69 Å². The minimum atomic E-state index is -0.822. The number of carbonyl (C=O) groups is 1. The number of hydrogen-bond donors (Lipinski definition) is 2. The van der Waals surface area contributed by atoms with Crippen LogP contribution >= 0.6 is 0 Å². The molecule has 9 heteroatoms. The van der Waals surface area contributed by atoms with E-state index in [0.29, 0.717) is 6.07 Å². The van der Waals surface area contributed by atoms with Crippen LogP contribution in [0.2, 0.25) is 0 Å². The van der Waals surface area contributed by atoms with Gasteiger partial charge in [0.1, 0.15) is 12.4 Å². The Morgan fingerprint density at radius 1 is 1.23 bits per heavy atom. The summed E-state index contributed by atoms with van der Waals surface area (Å²) in [6.45, 7) is 0.0433. The fraction of sp³-hybridized carbons (Fsp3) is 0.235. The van der Waals surface area contributed by atoms with Gasteiger partial charge in [-0.2, -0.15) is 0 Å². The van der Waals surface area contributed by atoms with Crippen LogP contribution in [0.25, 0.3) is 0 Å². The van der Waals surface area contributed by atoms with Crippen molar-refractivity contribution in [2.45, 2.75) is 13.0 Å². The van der Waals surface area contributed by atoms with Crippen LogP contribution < -0.4 is 21.3 Å². The molecular weight excluding hydrogens is 348 g/mol. The third-order valence-corrected chi connectivity index (χ3v) is 3.17. The number of H-pyrrole nitrogens is 1. The zero-order valence-electron chi connectivity index (χ0n) is 13.6. The molecule has 0 aliphatic carbocycles. The van der Waals surface area contributed by atoms with Gasteiger partial charge in [-0.25, -0.2) is 13.6 Å². The molecule has 2 rings (SSSR count). The summed E-state index contributed by atoms with van der Waals surface area (Å²) in [6.07, 6.45) is 1.34. The topological polar surface area (TPSA) is 93.2 Å². The Balaban J connectivity index is 1.69. The summed E-state index contributed by atoms with van der Waals surface area (Å²) in [7, 11) is 0. The van der Waals surface area contributed by atoms with Crippen molar-refractivity contribution in [3.8, 4) is 17.6 Å². The highest BCUT2D eigenvalue weighted by Gasteiger charge is 2.04. The van der Waals surface area contributed by atoms with Crippen molar-refractivity contribution in [3.63, 3.8) is 0 Å². The monoisotopic (exact) mass is 363 g/mol. The molecule has 2 aromatic rings. The first-order valence-electron chi connectivity index (χ1n) is 7.56. The van der Waals surface area contributed by atoms with Crippen molar-refractivity contribution in [2.24, 2.45) is 0 Å². The number of aryl methyl sites for hydroxylation is 1. The molecule has 26 heavy (non-hydrogen) atoms. The van der Waals surface area contributed by atoms with E-state index in [-0.39, 0.29) is 37.8 Å². The van der Waals surface area contributed by atoms with Crippen LogP contribution in [0.4, 0.5) is 8.78 Å². The molecule has 136 valence electrons. The maximum Gasteiger partial charge on any atom is 0.328 e. The number of rotatable bonds is 6. The Bertz CT molecular complexity index is 957. The van der Waals surface area contributed by atoms with Crippen molar-refractivity contribution >= 4 is 5.91 Å². The van der Waals surface area contributed by atoms with Gasteiger partial charge in [0.05, 0.1) is 6.54 Å². The van der Waals surface area contributed by atoms with Gasteiger partial charge in [0, 0.05) is 31.3 Å². The first-order valence-corrected chi connectivity index (χ1v) is 7.56. The van der Waals surface area contributed by atoms with Crippen molar-refractivity contribution in [1.29, 1.82) is 0 Å². The predicted octanol–water partition coefficient (Wildman–Crippen LogP) is 0.403. The number of nitrogens with zero attached hydrogens (tertiary/aromatic N) is 1. The van der Waals surface area contributed by atoms with Crippen LogP contribution in [-0.4, -0.2) is 28.6 Å². The van der Waals surface area contributed by atoms with Crippen LogP contribution in [0.5, 0.6) is 5.75 Å². The molecule has 1 aromatic carbocycles.